The second kappa shape index (κ2) is 5.88. The average Bonchev–Trinajstić information content (AvgIpc) is 3.11. The third kappa shape index (κ3) is 2.45. The van der Waals surface area contributed by atoms with Gasteiger partial charge in [-0.05, 0) is 25.5 Å². The normalized spacial score (nSPS) is 11.6. The topological polar surface area (TPSA) is 61.4 Å². The molecular weight excluding hydrogens is 316 g/mol. The van der Waals surface area contributed by atoms with Gasteiger partial charge in [0.05, 0.1) is 11.0 Å². The summed E-state index contributed by atoms with van der Waals surface area (Å²) >= 11 is 0. The van der Waals surface area contributed by atoms with Gasteiger partial charge in [-0.1, -0.05) is 25.5 Å². The van der Waals surface area contributed by atoms with E-state index in [2.05, 4.69) is 11.5 Å². The van der Waals surface area contributed by atoms with Crippen molar-refractivity contribution in [1.82, 2.24) is 18.9 Å². The number of esters is 1. The average molecular weight is 336 g/mol. The molecule has 128 valence electrons. The van der Waals surface area contributed by atoms with E-state index < -0.39 is 0 Å². The molecule has 0 spiro atoms. The summed E-state index contributed by atoms with van der Waals surface area (Å²) in [6, 6.07) is 7.95. The third-order valence-electron chi connectivity index (χ3n) is 4.40. The van der Waals surface area contributed by atoms with E-state index in [1.54, 1.807) is 0 Å². The second-order valence-corrected chi connectivity index (χ2v) is 6.25. The Balaban J connectivity index is 2.10. The molecule has 25 heavy (non-hydrogen) atoms. The van der Waals surface area contributed by atoms with Gasteiger partial charge in [-0.15, -0.1) is 0 Å². The number of para-hydroxylation sites is 2. The van der Waals surface area contributed by atoms with Gasteiger partial charge in [-0.2, -0.15) is 0 Å². The summed E-state index contributed by atoms with van der Waals surface area (Å²) in [5.74, 6) is 1.04. The Kier molecular flexibility index (Phi) is 3.67. The fraction of sp³-hybridized carbons (Fsp3) is 0.316. The molecule has 0 saturated heterocycles. The monoisotopic (exact) mass is 336 g/mol. The Labute approximate surface area is 145 Å². The summed E-state index contributed by atoms with van der Waals surface area (Å²) < 4.78 is 9.56. The van der Waals surface area contributed by atoms with Gasteiger partial charge < -0.3 is 9.30 Å². The van der Waals surface area contributed by atoms with Crippen LogP contribution in [0.4, 0.5) is 0 Å². The van der Waals surface area contributed by atoms with Crippen molar-refractivity contribution >= 4 is 33.7 Å². The molecule has 0 saturated carbocycles. The maximum absolute atomic E-state index is 11.6. The standard InChI is InChI=1S/C19H20N4O2/c1-4-5-10-22-11-16(25-13(3)24)17-18(22)20-12(2)23-15-9-7-6-8-14(15)21-19(17)23/h6-9,11H,4-5,10H2,1-3H3. The number of nitrogens with zero attached hydrogens (tertiary/aromatic N) is 4. The molecule has 4 aromatic rings. The molecule has 3 heterocycles. The molecule has 0 atom stereocenters. The number of aromatic nitrogens is 4. The Bertz CT molecular complexity index is 1110. The highest BCUT2D eigenvalue weighted by Gasteiger charge is 2.20. The van der Waals surface area contributed by atoms with Crippen LogP contribution < -0.4 is 4.74 Å². The molecule has 0 radical (unpaired) electrons. The van der Waals surface area contributed by atoms with Crippen LogP contribution in [-0.4, -0.2) is 24.9 Å². The number of carbonyl (C=O) groups is 1. The number of benzene rings is 1. The largest absolute Gasteiger partial charge is 0.424 e. The second-order valence-electron chi connectivity index (χ2n) is 6.25. The Morgan fingerprint density at radius 3 is 2.76 bits per heavy atom. The SMILES string of the molecule is CCCCn1cc(OC(C)=O)c2c1nc(C)n1c3ccccc3nc21. The summed E-state index contributed by atoms with van der Waals surface area (Å²) in [7, 11) is 0. The van der Waals surface area contributed by atoms with Crippen molar-refractivity contribution in [3.63, 3.8) is 0 Å². The van der Waals surface area contributed by atoms with E-state index >= 15 is 0 Å². The van der Waals surface area contributed by atoms with Crippen molar-refractivity contribution in [3.05, 3.63) is 36.3 Å². The summed E-state index contributed by atoms with van der Waals surface area (Å²) in [4.78, 5) is 21.2. The van der Waals surface area contributed by atoms with Crippen molar-refractivity contribution < 1.29 is 9.53 Å². The van der Waals surface area contributed by atoms with Crippen LogP contribution in [0.5, 0.6) is 5.75 Å². The summed E-state index contributed by atoms with van der Waals surface area (Å²) in [6.07, 6.45) is 3.98. The highest BCUT2D eigenvalue weighted by Crippen LogP contribution is 2.33. The number of carbonyl (C=O) groups excluding carboxylic acids is 1. The Morgan fingerprint density at radius 1 is 1.20 bits per heavy atom. The summed E-state index contributed by atoms with van der Waals surface area (Å²) in [6.45, 7) is 6.37. The fourth-order valence-electron chi connectivity index (χ4n) is 3.31. The minimum Gasteiger partial charge on any atom is -0.424 e. The van der Waals surface area contributed by atoms with Crippen LogP contribution in [0.2, 0.25) is 0 Å². The minimum absolute atomic E-state index is 0.343. The van der Waals surface area contributed by atoms with Gasteiger partial charge in [-0.3, -0.25) is 9.20 Å². The highest BCUT2D eigenvalue weighted by molar-refractivity contribution is 6.00. The fourth-order valence-corrected chi connectivity index (χ4v) is 3.31. The van der Waals surface area contributed by atoms with Crippen LogP contribution >= 0.6 is 0 Å². The van der Waals surface area contributed by atoms with E-state index in [9.17, 15) is 4.79 Å². The van der Waals surface area contributed by atoms with Gasteiger partial charge >= 0.3 is 5.97 Å². The molecule has 0 aliphatic rings. The first-order chi connectivity index (χ1) is 12.1. The smallest absolute Gasteiger partial charge is 0.308 e. The number of unbranched alkanes of at least 4 members (excludes halogenated alkanes) is 1. The predicted molar refractivity (Wildman–Crippen MR) is 96.9 cm³/mol. The van der Waals surface area contributed by atoms with Crippen molar-refractivity contribution in [2.24, 2.45) is 0 Å². The van der Waals surface area contributed by atoms with Crippen LogP contribution in [0.25, 0.3) is 27.7 Å². The molecule has 0 amide bonds. The first kappa shape index (κ1) is 15.6. The first-order valence-corrected chi connectivity index (χ1v) is 8.55. The molecule has 6 heteroatoms. The van der Waals surface area contributed by atoms with Gasteiger partial charge in [0.2, 0.25) is 0 Å². The van der Waals surface area contributed by atoms with Crippen LogP contribution in [0.1, 0.15) is 32.5 Å². The molecule has 6 nitrogen and oxygen atoms in total. The van der Waals surface area contributed by atoms with Crippen LogP contribution in [-0.2, 0) is 11.3 Å². The molecule has 0 aliphatic heterocycles. The number of ether oxygens (including phenoxy) is 1. The van der Waals surface area contributed by atoms with Crippen molar-refractivity contribution in [3.8, 4) is 5.75 Å². The van der Waals surface area contributed by atoms with E-state index in [0.29, 0.717) is 5.75 Å². The molecule has 0 N–H and O–H groups in total. The van der Waals surface area contributed by atoms with Crippen molar-refractivity contribution in [2.75, 3.05) is 0 Å². The lowest BCUT2D eigenvalue weighted by atomic mass is 10.3. The zero-order valence-corrected chi connectivity index (χ0v) is 14.6. The van der Waals surface area contributed by atoms with E-state index in [1.807, 2.05) is 41.8 Å². The summed E-state index contributed by atoms with van der Waals surface area (Å²) in [5, 5.41) is 0.785. The highest BCUT2D eigenvalue weighted by atomic mass is 16.5. The number of hydrogen-bond acceptors (Lipinski definition) is 4. The molecule has 0 unspecified atom stereocenters. The maximum atomic E-state index is 11.6. The van der Waals surface area contributed by atoms with Crippen LogP contribution in [0.3, 0.4) is 0 Å². The van der Waals surface area contributed by atoms with Crippen LogP contribution in [0.15, 0.2) is 30.5 Å². The van der Waals surface area contributed by atoms with Crippen molar-refractivity contribution in [2.45, 2.75) is 40.2 Å². The van der Waals surface area contributed by atoms with E-state index in [4.69, 9.17) is 14.7 Å². The van der Waals surface area contributed by atoms with Crippen molar-refractivity contribution in [1.29, 1.82) is 0 Å². The third-order valence-corrected chi connectivity index (χ3v) is 4.40. The van der Waals surface area contributed by atoms with Gasteiger partial charge in [0.25, 0.3) is 0 Å². The molecule has 0 bridgehead atoms. The van der Waals surface area contributed by atoms with Gasteiger partial charge in [-0.25, -0.2) is 9.97 Å². The van der Waals surface area contributed by atoms with E-state index in [1.165, 1.54) is 6.92 Å². The lowest BCUT2D eigenvalue weighted by Crippen LogP contribution is -2.02. The zero-order valence-electron chi connectivity index (χ0n) is 14.6. The predicted octanol–water partition coefficient (Wildman–Crippen LogP) is 3.87. The maximum Gasteiger partial charge on any atom is 0.308 e. The number of hydrogen-bond donors (Lipinski definition) is 0. The zero-order chi connectivity index (χ0) is 17.6. The summed E-state index contributed by atoms with van der Waals surface area (Å²) in [5.41, 5.74) is 3.48. The molecule has 0 aliphatic carbocycles. The number of fused-ring (bicyclic) bond motifs is 5. The quantitative estimate of drug-likeness (QED) is 0.531. The molecule has 0 fully saturated rings. The van der Waals surface area contributed by atoms with E-state index in [0.717, 1.165) is 52.9 Å². The Hall–Kier alpha value is -2.89. The Morgan fingerprint density at radius 2 is 2.00 bits per heavy atom. The molecule has 4 rings (SSSR count). The van der Waals surface area contributed by atoms with Gasteiger partial charge in [0, 0.05) is 19.7 Å². The minimum atomic E-state index is -0.343. The molecular formula is C19H20N4O2. The van der Waals surface area contributed by atoms with E-state index in [-0.39, 0.29) is 5.97 Å². The lowest BCUT2D eigenvalue weighted by molar-refractivity contribution is -0.131. The lowest BCUT2D eigenvalue weighted by Gasteiger charge is -2.06. The molecule has 3 aromatic heterocycles. The number of imidazole rings is 1. The first-order valence-electron chi connectivity index (χ1n) is 8.55. The molecule has 1 aromatic carbocycles. The number of aryl methyl sites for hydroxylation is 2. The van der Waals surface area contributed by atoms with Crippen LogP contribution in [0, 0.1) is 6.92 Å². The van der Waals surface area contributed by atoms with Gasteiger partial charge in [0.1, 0.15) is 16.9 Å². The number of rotatable bonds is 4. The van der Waals surface area contributed by atoms with Gasteiger partial charge in [0.15, 0.2) is 11.4 Å².